The van der Waals surface area contributed by atoms with Crippen LogP contribution in [0.2, 0.25) is 0 Å². The molecule has 0 radical (unpaired) electrons. The molecule has 0 atom stereocenters. The van der Waals surface area contributed by atoms with E-state index in [1.165, 1.54) is 4.90 Å². The highest BCUT2D eigenvalue weighted by Crippen LogP contribution is 2.22. The van der Waals surface area contributed by atoms with Crippen molar-refractivity contribution in [3.63, 3.8) is 0 Å². The smallest absolute Gasteiger partial charge is 0.341 e. The minimum absolute atomic E-state index is 0.124. The Morgan fingerprint density at radius 3 is 2.50 bits per heavy atom. The fourth-order valence-corrected chi connectivity index (χ4v) is 2.36. The largest absolute Gasteiger partial charge is 0.482 e. The molecule has 7 heteroatoms. The molecule has 0 aliphatic carbocycles. The zero-order valence-corrected chi connectivity index (χ0v) is 13.1. The highest BCUT2D eigenvalue weighted by molar-refractivity contribution is 7.80. The van der Waals surface area contributed by atoms with Gasteiger partial charge in [0.1, 0.15) is 11.4 Å². The molecule has 1 heterocycles. The number of amides is 1. The van der Waals surface area contributed by atoms with Gasteiger partial charge in [0.2, 0.25) is 0 Å². The van der Waals surface area contributed by atoms with Gasteiger partial charge in [0.05, 0.1) is 0 Å². The summed E-state index contributed by atoms with van der Waals surface area (Å²) in [4.78, 5) is 25.9. The van der Waals surface area contributed by atoms with Crippen molar-refractivity contribution < 1.29 is 19.4 Å². The van der Waals surface area contributed by atoms with Crippen molar-refractivity contribution in [2.75, 3.05) is 20.2 Å². The highest BCUT2D eigenvalue weighted by atomic mass is 32.1. The van der Waals surface area contributed by atoms with E-state index in [1.54, 1.807) is 42.3 Å². The van der Waals surface area contributed by atoms with Crippen LogP contribution in [-0.4, -0.2) is 52.1 Å². The van der Waals surface area contributed by atoms with E-state index in [-0.39, 0.29) is 12.5 Å². The zero-order valence-electron chi connectivity index (χ0n) is 12.3. The lowest BCUT2D eigenvalue weighted by Gasteiger charge is -2.13. The molecule has 1 aliphatic heterocycles. The van der Waals surface area contributed by atoms with Crippen molar-refractivity contribution in [2.45, 2.75) is 6.92 Å². The second kappa shape index (κ2) is 6.57. The van der Waals surface area contributed by atoms with Gasteiger partial charge in [0, 0.05) is 13.6 Å². The molecule has 0 unspecified atom stereocenters. The van der Waals surface area contributed by atoms with Crippen LogP contribution in [0.1, 0.15) is 12.5 Å². The molecular weight excluding hydrogens is 304 g/mol. The first-order valence-corrected chi connectivity index (χ1v) is 7.10. The molecule has 1 saturated heterocycles. The van der Waals surface area contributed by atoms with Crippen LogP contribution in [0, 0.1) is 0 Å². The van der Waals surface area contributed by atoms with Crippen LogP contribution in [0.25, 0.3) is 6.08 Å². The lowest BCUT2D eigenvalue weighted by molar-refractivity contribution is -0.139. The third kappa shape index (κ3) is 3.25. The molecule has 1 aromatic carbocycles. The van der Waals surface area contributed by atoms with E-state index >= 15 is 0 Å². The van der Waals surface area contributed by atoms with Crippen molar-refractivity contribution >= 4 is 35.3 Å². The molecule has 1 fully saturated rings. The number of carbonyl (C=O) groups is 2. The molecule has 1 aliphatic rings. The van der Waals surface area contributed by atoms with E-state index < -0.39 is 5.97 Å². The minimum atomic E-state index is -1.03. The molecule has 0 bridgehead atoms. The normalized spacial score (nSPS) is 16.5. The first-order chi connectivity index (χ1) is 10.4. The minimum Gasteiger partial charge on any atom is -0.482 e. The first kappa shape index (κ1) is 16.0. The molecule has 1 N–H and O–H groups in total. The summed E-state index contributed by atoms with van der Waals surface area (Å²) in [5, 5.41) is 9.04. The predicted molar refractivity (Wildman–Crippen MR) is 85.3 cm³/mol. The van der Waals surface area contributed by atoms with E-state index in [2.05, 4.69) is 0 Å². The van der Waals surface area contributed by atoms with Gasteiger partial charge >= 0.3 is 5.97 Å². The summed E-state index contributed by atoms with van der Waals surface area (Å²) in [5.74, 6) is -0.694. The van der Waals surface area contributed by atoms with E-state index in [0.29, 0.717) is 23.1 Å². The fraction of sp³-hybridized carbons (Fsp3) is 0.267. The second-order valence-corrected chi connectivity index (χ2v) is 5.04. The summed E-state index contributed by atoms with van der Waals surface area (Å²) in [6, 6.07) is 6.82. The summed E-state index contributed by atoms with van der Waals surface area (Å²) in [6.45, 7) is 2.01. The molecule has 22 heavy (non-hydrogen) atoms. The van der Waals surface area contributed by atoms with E-state index in [9.17, 15) is 9.59 Å². The number of carboxylic acids is 1. The second-order valence-electron chi connectivity index (χ2n) is 4.67. The van der Waals surface area contributed by atoms with Gasteiger partial charge in [0.15, 0.2) is 11.7 Å². The summed E-state index contributed by atoms with van der Waals surface area (Å²) in [7, 11) is 1.76. The number of nitrogens with zero attached hydrogens (tertiary/aromatic N) is 2. The molecule has 0 aromatic heterocycles. The molecule has 2 rings (SSSR count). The number of thiocarbonyl (C=S) groups is 1. The molecule has 1 aromatic rings. The molecule has 0 spiro atoms. The average molecular weight is 320 g/mol. The molecule has 0 saturated carbocycles. The number of aliphatic carboxylic acids is 1. The van der Waals surface area contributed by atoms with E-state index in [1.807, 2.05) is 6.92 Å². The number of rotatable bonds is 5. The first-order valence-electron chi connectivity index (χ1n) is 6.70. The van der Waals surface area contributed by atoms with Gasteiger partial charge in [0.25, 0.3) is 5.91 Å². The Kier molecular flexibility index (Phi) is 4.77. The Morgan fingerprint density at radius 2 is 2.00 bits per heavy atom. The van der Waals surface area contributed by atoms with Gasteiger partial charge in [-0.1, -0.05) is 12.1 Å². The van der Waals surface area contributed by atoms with Gasteiger partial charge in [-0.15, -0.1) is 0 Å². The van der Waals surface area contributed by atoms with Crippen molar-refractivity contribution in [1.82, 2.24) is 9.80 Å². The fourth-order valence-electron chi connectivity index (χ4n) is 2.05. The third-order valence-corrected chi connectivity index (χ3v) is 3.70. The van der Waals surface area contributed by atoms with Crippen LogP contribution in [0.4, 0.5) is 0 Å². The number of ether oxygens (including phenoxy) is 1. The van der Waals surface area contributed by atoms with Crippen molar-refractivity contribution in [1.29, 1.82) is 0 Å². The van der Waals surface area contributed by atoms with Gasteiger partial charge < -0.3 is 14.7 Å². The highest BCUT2D eigenvalue weighted by Gasteiger charge is 2.34. The van der Waals surface area contributed by atoms with Crippen molar-refractivity contribution in [2.24, 2.45) is 0 Å². The number of carbonyl (C=O) groups excluding carboxylic acids is 1. The zero-order chi connectivity index (χ0) is 16.3. The van der Waals surface area contributed by atoms with Crippen molar-refractivity contribution in [3.05, 3.63) is 35.5 Å². The number of carboxylic acid groups (broad SMARTS) is 1. The maximum atomic E-state index is 12.2. The lowest BCUT2D eigenvalue weighted by atomic mass is 10.2. The van der Waals surface area contributed by atoms with Gasteiger partial charge in [-0.3, -0.25) is 9.69 Å². The molecule has 1 amide bonds. The number of likely N-dealkylation sites (N-methyl/N-ethyl adjacent to an activating group) is 2. The molecule has 116 valence electrons. The maximum absolute atomic E-state index is 12.2. The monoisotopic (exact) mass is 320 g/mol. The van der Waals surface area contributed by atoms with Crippen LogP contribution in [-0.2, 0) is 9.59 Å². The standard InChI is InChI=1S/C15H16N2O4S/c1-3-17-14(20)12(16(2)15(17)22)8-10-4-6-11(7-5-10)21-9-13(18)19/h4-8H,3,9H2,1-2H3,(H,18,19). The van der Waals surface area contributed by atoms with Crippen molar-refractivity contribution in [3.8, 4) is 5.75 Å². The topological polar surface area (TPSA) is 70.1 Å². The van der Waals surface area contributed by atoms with Crippen LogP contribution in [0.5, 0.6) is 5.75 Å². The Bertz CT molecular complexity index is 639. The SMILES string of the molecule is CCN1C(=O)C(=Cc2ccc(OCC(=O)O)cc2)N(C)C1=S. The Balaban J connectivity index is 2.17. The third-order valence-electron chi connectivity index (χ3n) is 3.21. The Hall–Kier alpha value is -2.41. The molecule has 6 nitrogen and oxygen atoms in total. The maximum Gasteiger partial charge on any atom is 0.341 e. The van der Waals surface area contributed by atoms with E-state index in [4.69, 9.17) is 22.1 Å². The predicted octanol–water partition coefficient (Wildman–Crippen LogP) is 1.57. The molecular formula is C15H16N2O4S. The summed E-state index contributed by atoms with van der Waals surface area (Å²) in [6.07, 6.45) is 1.74. The van der Waals surface area contributed by atoms with Crippen LogP contribution in [0.15, 0.2) is 30.0 Å². The van der Waals surface area contributed by atoms with Gasteiger partial charge in [-0.2, -0.15) is 0 Å². The van der Waals surface area contributed by atoms with Gasteiger partial charge in [-0.05, 0) is 42.9 Å². The van der Waals surface area contributed by atoms with E-state index in [0.717, 1.165) is 5.56 Å². The summed E-state index contributed by atoms with van der Waals surface area (Å²) < 4.78 is 5.06. The summed E-state index contributed by atoms with van der Waals surface area (Å²) >= 11 is 5.23. The van der Waals surface area contributed by atoms with Crippen LogP contribution in [0.3, 0.4) is 0 Å². The number of hydrogen-bond acceptors (Lipinski definition) is 4. The lowest BCUT2D eigenvalue weighted by Crippen LogP contribution is -2.30. The van der Waals surface area contributed by atoms with Crippen LogP contribution >= 0.6 is 12.2 Å². The Morgan fingerprint density at radius 1 is 1.36 bits per heavy atom. The van der Waals surface area contributed by atoms with Gasteiger partial charge in [-0.25, -0.2) is 4.79 Å². The number of benzene rings is 1. The quantitative estimate of drug-likeness (QED) is 0.656. The summed E-state index contributed by atoms with van der Waals surface area (Å²) in [5.41, 5.74) is 1.31. The van der Waals surface area contributed by atoms with Crippen LogP contribution < -0.4 is 4.74 Å². The average Bonchev–Trinajstić information content (AvgIpc) is 2.70. The number of hydrogen-bond donors (Lipinski definition) is 1. The Labute approximate surface area is 133 Å².